The number of nitrogens with zero attached hydrogens (tertiary/aromatic N) is 4. The number of phenols is 1. The number of amides is 1. The third-order valence-corrected chi connectivity index (χ3v) is 13.2. The molecule has 0 unspecified atom stereocenters. The molecule has 63 heavy (non-hydrogen) atoms. The van der Waals surface area contributed by atoms with Crippen molar-refractivity contribution in [1.82, 2.24) is 30.2 Å². The van der Waals surface area contributed by atoms with Crippen LogP contribution in [-0.2, 0) is 43.9 Å². The van der Waals surface area contributed by atoms with Crippen molar-refractivity contribution < 1.29 is 32.9 Å². The lowest BCUT2D eigenvalue weighted by molar-refractivity contribution is -0.245. The summed E-state index contributed by atoms with van der Waals surface area (Å²) < 4.78 is 44.4. The topological polar surface area (TPSA) is 178 Å². The van der Waals surface area contributed by atoms with E-state index in [0.29, 0.717) is 23.0 Å². The molecule has 1 aromatic heterocycles. The first-order valence-electron chi connectivity index (χ1n) is 20.4. The molecule has 322 valence electrons. The van der Waals surface area contributed by atoms with Gasteiger partial charge < -0.3 is 25.0 Å². The maximum atomic E-state index is 13.8. The van der Waals surface area contributed by atoms with E-state index in [1.54, 1.807) is 41.1 Å². The Morgan fingerprint density at radius 2 is 1.52 bits per heavy atom. The smallest absolute Gasteiger partial charge is 0.241 e. The molecule has 0 saturated carbocycles. The van der Waals surface area contributed by atoms with Gasteiger partial charge in [0.15, 0.2) is 6.29 Å². The quantitative estimate of drug-likeness (QED) is 0.0713. The number of hydrogen-bond acceptors (Lipinski definition) is 11. The summed E-state index contributed by atoms with van der Waals surface area (Å²) in [6.07, 6.45) is -0.548. The maximum Gasteiger partial charge on any atom is 0.241 e. The van der Waals surface area contributed by atoms with Gasteiger partial charge in [0.2, 0.25) is 21.1 Å². The summed E-state index contributed by atoms with van der Waals surface area (Å²) in [7, 11) is -3.99. The average Bonchev–Trinajstić information content (AvgIpc) is 3.79. The predicted octanol–water partition coefficient (Wildman–Crippen LogP) is 7.38. The molecule has 0 aliphatic carbocycles. The molecule has 0 spiro atoms. The van der Waals surface area contributed by atoms with Gasteiger partial charge in [0, 0.05) is 24.3 Å². The Labute approximate surface area is 370 Å². The number of sulfonamides is 1. The van der Waals surface area contributed by atoms with Crippen LogP contribution in [0.5, 0.6) is 5.75 Å². The van der Waals surface area contributed by atoms with E-state index in [-0.39, 0.29) is 42.4 Å². The first kappa shape index (κ1) is 43.4. The molecule has 2 heterocycles. The van der Waals surface area contributed by atoms with Crippen LogP contribution >= 0.6 is 11.8 Å². The summed E-state index contributed by atoms with van der Waals surface area (Å²) >= 11 is 1.46. The fourth-order valence-corrected chi connectivity index (χ4v) is 9.37. The molecule has 0 bridgehead atoms. The minimum Gasteiger partial charge on any atom is -0.508 e. The number of thioether (sulfide) groups is 1. The normalized spacial score (nSPS) is 17.0. The Kier molecular flexibility index (Phi) is 13.7. The van der Waals surface area contributed by atoms with Crippen LogP contribution in [0.3, 0.4) is 0 Å². The van der Waals surface area contributed by atoms with Crippen LogP contribution in [-0.4, -0.2) is 62.6 Å². The summed E-state index contributed by atoms with van der Waals surface area (Å²) in [5.74, 6) is 0.226. The summed E-state index contributed by atoms with van der Waals surface area (Å²) in [4.78, 5) is 13.8. The molecule has 1 amide bonds. The summed E-state index contributed by atoms with van der Waals surface area (Å²) in [5.41, 5.74) is 7.69. The van der Waals surface area contributed by atoms with Crippen molar-refractivity contribution in [2.24, 2.45) is 0 Å². The molecule has 6 aromatic carbocycles. The number of ether oxygens (including phenoxy) is 2. The number of aromatic hydroxyl groups is 1. The van der Waals surface area contributed by atoms with Crippen molar-refractivity contribution in [3.63, 3.8) is 0 Å². The highest BCUT2D eigenvalue weighted by Crippen LogP contribution is 2.40. The second-order valence-electron chi connectivity index (χ2n) is 15.3. The Morgan fingerprint density at radius 3 is 2.27 bits per heavy atom. The minimum atomic E-state index is -3.99. The number of rotatable bonds is 16. The van der Waals surface area contributed by atoms with Gasteiger partial charge in [0.25, 0.3) is 0 Å². The number of carbonyl (C=O) groups excluding carboxylic acids is 1. The Morgan fingerprint density at radius 1 is 0.810 bits per heavy atom. The lowest BCUT2D eigenvalue weighted by Crippen LogP contribution is -2.47. The first-order valence-corrected chi connectivity index (χ1v) is 22.9. The minimum absolute atomic E-state index is 0.0578. The van der Waals surface area contributed by atoms with Gasteiger partial charge in [-0.15, -0.1) is 5.10 Å². The number of hydrogen-bond donors (Lipinski definition) is 4. The standard InChI is InChI=1S/C48H46N6O7S2/c1-32-13-23-43(24-14-32)63(58,59)51-44(26-33-7-3-2-4-8-33)46(57)49-29-35-9-5-10-37(25-35)38-11-6-12-39(27-38)47-60-42(28-45(61-47)36-17-15-34(30-55)16-18-36)31-62-48-50-52-53-54(48)40-19-21-41(56)22-20-40/h2-25,27,42,44-45,47,51,55-56H,26,28-31H2,1H3,(H,49,57)/t42-,44+,45+,47+/m0/s1. The molecule has 1 saturated heterocycles. The number of carbonyl (C=O) groups is 1. The zero-order chi connectivity index (χ0) is 43.8. The van der Waals surface area contributed by atoms with E-state index >= 15 is 0 Å². The van der Waals surface area contributed by atoms with Crippen LogP contribution in [0.4, 0.5) is 0 Å². The van der Waals surface area contributed by atoms with E-state index in [4.69, 9.17) is 9.47 Å². The molecular formula is C48H46N6O7S2. The van der Waals surface area contributed by atoms with Gasteiger partial charge in [-0.25, -0.2) is 8.42 Å². The van der Waals surface area contributed by atoms with E-state index in [2.05, 4.69) is 25.6 Å². The fraction of sp³-hybridized carbons (Fsp3) is 0.208. The first-order chi connectivity index (χ1) is 30.6. The van der Waals surface area contributed by atoms with Crippen molar-refractivity contribution in [3.05, 3.63) is 185 Å². The van der Waals surface area contributed by atoms with Crippen LogP contribution in [0.15, 0.2) is 162 Å². The van der Waals surface area contributed by atoms with Gasteiger partial charge in [-0.1, -0.05) is 120 Å². The van der Waals surface area contributed by atoms with E-state index in [0.717, 1.165) is 44.5 Å². The van der Waals surface area contributed by atoms with Crippen LogP contribution in [0, 0.1) is 6.92 Å². The highest BCUT2D eigenvalue weighted by atomic mass is 32.2. The summed E-state index contributed by atoms with van der Waals surface area (Å²) in [6.45, 7) is 1.99. The second kappa shape index (κ2) is 19.9. The molecule has 15 heteroatoms. The van der Waals surface area contributed by atoms with Gasteiger partial charge >= 0.3 is 0 Å². The van der Waals surface area contributed by atoms with Crippen LogP contribution in [0.1, 0.15) is 52.2 Å². The zero-order valence-electron chi connectivity index (χ0n) is 34.3. The average molecular weight is 883 g/mol. The second-order valence-corrected chi connectivity index (χ2v) is 18.0. The Hall–Kier alpha value is -6.20. The monoisotopic (exact) mass is 882 g/mol. The molecule has 13 nitrogen and oxygen atoms in total. The highest BCUT2D eigenvalue weighted by Gasteiger charge is 2.33. The van der Waals surface area contributed by atoms with E-state index < -0.39 is 28.3 Å². The molecule has 8 rings (SSSR count). The molecule has 7 aromatic rings. The molecule has 4 atom stereocenters. The molecule has 1 fully saturated rings. The van der Waals surface area contributed by atoms with Gasteiger partial charge in [0.1, 0.15) is 11.8 Å². The van der Waals surface area contributed by atoms with E-state index in [1.807, 2.05) is 110 Å². The van der Waals surface area contributed by atoms with Crippen molar-refractivity contribution in [2.75, 3.05) is 5.75 Å². The van der Waals surface area contributed by atoms with E-state index in [1.165, 1.54) is 23.9 Å². The molecular weight excluding hydrogens is 837 g/mol. The number of tetrazole rings is 1. The Bertz CT molecular complexity index is 2740. The maximum absolute atomic E-state index is 13.8. The summed E-state index contributed by atoms with van der Waals surface area (Å²) in [6, 6.07) is 44.9. The largest absolute Gasteiger partial charge is 0.508 e. The summed E-state index contributed by atoms with van der Waals surface area (Å²) in [5, 5.41) is 35.3. The highest BCUT2D eigenvalue weighted by molar-refractivity contribution is 7.99. The lowest BCUT2D eigenvalue weighted by Gasteiger charge is -2.36. The number of aliphatic hydroxyl groups excluding tert-OH is 1. The third kappa shape index (κ3) is 11.1. The molecule has 1 aliphatic rings. The van der Waals surface area contributed by atoms with Gasteiger partial charge in [-0.2, -0.15) is 9.40 Å². The van der Waals surface area contributed by atoms with E-state index in [9.17, 15) is 23.4 Å². The molecule has 1 aliphatic heterocycles. The number of phenolic OH excluding ortho intramolecular Hbond substituents is 1. The van der Waals surface area contributed by atoms with Gasteiger partial charge in [-0.05, 0) is 106 Å². The number of aryl methyl sites for hydroxylation is 1. The molecule has 4 N–H and O–H groups in total. The number of benzene rings is 6. The van der Waals surface area contributed by atoms with Crippen molar-refractivity contribution in [1.29, 1.82) is 0 Å². The third-order valence-electron chi connectivity index (χ3n) is 10.7. The Balaban J connectivity index is 0.982. The lowest BCUT2D eigenvalue weighted by atomic mass is 9.99. The van der Waals surface area contributed by atoms with Crippen molar-refractivity contribution >= 4 is 27.7 Å². The fourth-order valence-electron chi connectivity index (χ4n) is 7.26. The van der Waals surface area contributed by atoms with Crippen LogP contribution in [0.2, 0.25) is 0 Å². The van der Waals surface area contributed by atoms with Gasteiger partial charge in [0.05, 0.1) is 29.4 Å². The van der Waals surface area contributed by atoms with Crippen LogP contribution < -0.4 is 10.0 Å². The SMILES string of the molecule is Cc1ccc(S(=O)(=O)N[C@H](Cc2ccccc2)C(=O)NCc2cccc(-c3cccc([C@@H]4O[C@H](CSc5nnnn5-c5ccc(O)cc5)C[C@H](c5ccc(CO)cc5)O4)c3)c2)cc1. The predicted molar refractivity (Wildman–Crippen MR) is 239 cm³/mol. The molecule has 0 radical (unpaired) electrons. The number of nitrogens with one attached hydrogen (secondary N) is 2. The van der Waals surface area contributed by atoms with Crippen molar-refractivity contribution in [2.45, 2.75) is 67.5 Å². The van der Waals surface area contributed by atoms with Crippen molar-refractivity contribution in [3.8, 4) is 22.6 Å². The number of aromatic nitrogens is 4. The zero-order valence-corrected chi connectivity index (χ0v) is 36.0. The number of aliphatic hydroxyl groups is 1. The van der Waals surface area contributed by atoms with Crippen LogP contribution in [0.25, 0.3) is 16.8 Å². The van der Waals surface area contributed by atoms with Gasteiger partial charge in [-0.3, -0.25) is 4.79 Å².